The molecule has 27 heavy (non-hydrogen) atoms. The molecule has 7 heteroatoms. The summed E-state index contributed by atoms with van der Waals surface area (Å²) in [6.45, 7) is 0.458. The van der Waals surface area contributed by atoms with Crippen molar-refractivity contribution < 1.29 is 14.1 Å². The molecule has 0 aliphatic heterocycles. The van der Waals surface area contributed by atoms with Gasteiger partial charge in [-0.25, -0.2) is 0 Å². The number of methoxy groups -OCH3 is 1. The fourth-order valence-corrected chi connectivity index (χ4v) is 2.78. The lowest BCUT2D eigenvalue weighted by Gasteiger charge is -2.17. The van der Waals surface area contributed by atoms with Crippen molar-refractivity contribution in [2.75, 3.05) is 14.2 Å². The van der Waals surface area contributed by atoms with Crippen LogP contribution in [0.15, 0.2) is 53.1 Å². The predicted octanol–water partition coefficient (Wildman–Crippen LogP) is 3.99. The van der Waals surface area contributed by atoms with Crippen molar-refractivity contribution in [3.8, 4) is 17.1 Å². The number of carbonyl (C=O) groups is 1. The van der Waals surface area contributed by atoms with E-state index in [0.29, 0.717) is 29.7 Å². The zero-order valence-corrected chi connectivity index (χ0v) is 15.9. The first-order valence-corrected chi connectivity index (χ1v) is 8.89. The zero-order chi connectivity index (χ0) is 19.2. The van der Waals surface area contributed by atoms with Crippen LogP contribution in [0.25, 0.3) is 11.4 Å². The minimum atomic E-state index is -0.0147. The largest absolute Gasteiger partial charge is 0.497 e. The molecule has 0 saturated heterocycles. The Morgan fingerprint density at radius 3 is 2.63 bits per heavy atom. The number of ether oxygens (including phenoxy) is 1. The molecule has 1 heterocycles. The predicted molar refractivity (Wildman–Crippen MR) is 103 cm³/mol. The molecule has 0 fully saturated rings. The summed E-state index contributed by atoms with van der Waals surface area (Å²) in [5.74, 6) is 1.67. The molecule has 140 valence electrons. The molecule has 0 atom stereocenters. The van der Waals surface area contributed by atoms with Crippen molar-refractivity contribution in [3.63, 3.8) is 0 Å². The third-order valence-electron chi connectivity index (χ3n) is 4.16. The highest BCUT2D eigenvalue weighted by Gasteiger charge is 2.14. The van der Waals surface area contributed by atoms with Crippen LogP contribution in [0.4, 0.5) is 0 Å². The minimum absolute atomic E-state index is 0.0147. The minimum Gasteiger partial charge on any atom is -0.497 e. The van der Waals surface area contributed by atoms with Crippen LogP contribution in [0.3, 0.4) is 0 Å². The number of hydrogen-bond donors (Lipinski definition) is 0. The number of rotatable bonds is 7. The fourth-order valence-electron chi connectivity index (χ4n) is 2.59. The number of aromatic nitrogens is 2. The maximum Gasteiger partial charge on any atom is 0.227 e. The molecule has 0 aliphatic carbocycles. The van der Waals surface area contributed by atoms with Gasteiger partial charge in [0.1, 0.15) is 5.75 Å². The first-order valence-electron chi connectivity index (χ1n) is 8.51. The van der Waals surface area contributed by atoms with Crippen LogP contribution in [-0.2, 0) is 17.8 Å². The summed E-state index contributed by atoms with van der Waals surface area (Å²) in [7, 11) is 3.36. The van der Waals surface area contributed by atoms with Crippen LogP contribution >= 0.6 is 11.6 Å². The van der Waals surface area contributed by atoms with Gasteiger partial charge in [-0.15, -0.1) is 0 Å². The van der Waals surface area contributed by atoms with Crippen molar-refractivity contribution in [3.05, 3.63) is 65.0 Å². The first kappa shape index (κ1) is 18.9. The third kappa shape index (κ3) is 4.86. The number of aryl methyl sites for hydroxylation is 1. The molecular weight excluding hydrogens is 366 g/mol. The molecule has 1 amide bonds. The van der Waals surface area contributed by atoms with Crippen LogP contribution < -0.4 is 4.74 Å². The highest BCUT2D eigenvalue weighted by molar-refractivity contribution is 6.31. The highest BCUT2D eigenvalue weighted by Crippen LogP contribution is 2.20. The van der Waals surface area contributed by atoms with Gasteiger partial charge in [0.25, 0.3) is 0 Å². The average Bonchev–Trinajstić information content (AvgIpc) is 3.17. The summed E-state index contributed by atoms with van der Waals surface area (Å²) in [5.41, 5.74) is 1.74. The summed E-state index contributed by atoms with van der Waals surface area (Å²) in [5, 5.41) is 4.63. The first-order chi connectivity index (χ1) is 13.1. The van der Waals surface area contributed by atoms with Crippen molar-refractivity contribution in [1.82, 2.24) is 15.0 Å². The van der Waals surface area contributed by atoms with E-state index in [4.69, 9.17) is 20.9 Å². The molecule has 0 spiro atoms. The topological polar surface area (TPSA) is 68.5 Å². The Morgan fingerprint density at radius 1 is 1.19 bits per heavy atom. The van der Waals surface area contributed by atoms with Gasteiger partial charge in [0.2, 0.25) is 17.6 Å². The maximum absolute atomic E-state index is 12.4. The molecule has 0 radical (unpaired) electrons. The number of amides is 1. The number of benzene rings is 2. The second-order valence-electron chi connectivity index (χ2n) is 6.08. The summed E-state index contributed by atoms with van der Waals surface area (Å²) in [4.78, 5) is 18.4. The average molecular weight is 386 g/mol. The summed E-state index contributed by atoms with van der Waals surface area (Å²) in [6.07, 6.45) is 0.667. The van der Waals surface area contributed by atoms with Gasteiger partial charge < -0.3 is 14.2 Å². The fraction of sp³-hybridized carbons (Fsp3) is 0.250. The molecule has 2 aromatic carbocycles. The Labute approximate surface area is 162 Å². The van der Waals surface area contributed by atoms with Crippen molar-refractivity contribution in [1.29, 1.82) is 0 Å². The van der Waals surface area contributed by atoms with Gasteiger partial charge in [-0.3, -0.25) is 4.79 Å². The van der Waals surface area contributed by atoms with E-state index in [1.165, 1.54) is 0 Å². The maximum atomic E-state index is 12.4. The second kappa shape index (κ2) is 8.68. The van der Waals surface area contributed by atoms with Crippen molar-refractivity contribution in [2.45, 2.75) is 19.4 Å². The van der Waals surface area contributed by atoms with E-state index in [0.717, 1.165) is 16.9 Å². The molecule has 0 unspecified atom stereocenters. The lowest BCUT2D eigenvalue weighted by molar-refractivity contribution is -0.130. The van der Waals surface area contributed by atoms with Gasteiger partial charge in [0.05, 0.1) is 7.11 Å². The van der Waals surface area contributed by atoms with Gasteiger partial charge in [-0.1, -0.05) is 35.0 Å². The Bertz CT molecular complexity index is 909. The number of hydrogen-bond acceptors (Lipinski definition) is 5. The van der Waals surface area contributed by atoms with Gasteiger partial charge >= 0.3 is 0 Å². The van der Waals surface area contributed by atoms with Gasteiger partial charge in [0.15, 0.2) is 0 Å². The van der Waals surface area contributed by atoms with E-state index in [-0.39, 0.29) is 12.3 Å². The molecule has 0 N–H and O–H groups in total. The van der Waals surface area contributed by atoms with Crippen molar-refractivity contribution in [2.24, 2.45) is 0 Å². The normalized spacial score (nSPS) is 10.6. The van der Waals surface area contributed by atoms with Crippen LogP contribution in [0.5, 0.6) is 5.75 Å². The Balaban J connectivity index is 1.56. The monoisotopic (exact) mass is 385 g/mol. The third-order valence-corrected chi connectivity index (χ3v) is 4.53. The van der Waals surface area contributed by atoms with E-state index >= 15 is 0 Å². The molecule has 6 nitrogen and oxygen atoms in total. The lowest BCUT2D eigenvalue weighted by Crippen LogP contribution is -2.26. The zero-order valence-electron chi connectivity index (χ0n) is 15.2. The Morgan fingerprint density at radius 2 is 1.93 bits per heavy atom. The van der Waals surface area contributed by atoms with Gasteiger partial charge in [-0.2, -0.15) is 4.98 Å². The number of carbonyl (C=O) groups excluding carboxylic acids is 1. The molecule has 0 bridgehead atoms. The van der Waals surface area contributed by atoms with Crippen LogP contribution in [0.2, 0.25) is 5.02 Å². The summed E-state index contributed by atoms with van der Waals surface area (Å²) >= 11 is 6.15. The van der Waals surface area contributed by atoms with Gasteiger partial charge in [0, 0.05) is 37.0 Å². The highest BCUT2D eigenvalue weighted by atomic mass is 35.5. The SMILES string of the molecule is COc1ccc(-c2noc(CCC(=O)N(C)Cc3ccccc3Cl)n2)cc1. The van der Waals surface area contributed by atoms with Crippen molar-refractivity contribution >= 4 is 17.5 Å². The van der Waals surface area contributed by atoms with Crippen LogP contribution in [0.1, 0.15) is 17.9 Å². The Hall–Kier alpha value is -2.86. The second-order valence-corrected chi connectivity index (χ2v) is 6.49. The number of halogens is 1. The Kier molecular flexibility index (Phi) is 6.08. The van der Waals surface area contributed by atoms with Gasteiger partial charge in [-0.05, 0) is 35.9 Å². The molecular formula is C20H20ClN3O3. The van der Waals surface area contributed by atoms with E-state index < -0.39 is 0 Å². The standard InChI is InChI=1S/C20H20ClN3O3/c1-24(13-15-5-3-4-6-17(15)21)19(25)12-11-18-22-20(23-27-18)14-7-9-16(26-2)10-8-14/h3-10H,11-13H2,1-2H3. The van der Waals surface area contributed by atoms with E-state index in [9.17, 15) is 4.79 Å². The van der Waals surface area contributed by atoms with E-state index in [2.05, 4.69) is 10.1 Å². The van der Waals surface area contributed by atoms with E-state index in [1.54, 1.807) is 19.1 Å². The summed E-state index contributed by atoms with van der Waals surface area (Å²) < 4.78 is 10.4. The molecule has 3 rings (SSSR count). The molecule has 0 saturated carbocycles. The van der Waals surface area contributed by atoms with E-state index in [1.807, 2.05) is 48.5 Å². The quantitative estimate of drug-likeness (QED) is 0.615. The van der Waals surface area contributed by atoms with Crippen LogP contribution in [-0.4, -0.2) is 35.1 Å². The number of nitrogens with zero attached hydrogens (tertiary/aromatic N) is 3. The summed E-state index contributed by atoms with van der Waals surface area (Å²) in [6, 6.07) is 14.9. The molecule has 0 aliphatic rings. The molecule has 3 aromatic rings. The lowest BCUT2D eigenvalue weighted by atomic mass is 10.2. The smallest absolute Gasteiger partial charge is 0.227 e. The molecule has 1 aromatic heterocycles. The van der Waals surface area contributed by atoms with Crippen LogP contribution in [0, 0.1) is 0 Å².